The van der Waals surface area contributed by atoms with Gasteiger partial charge < -0.3 is 10.4 Å². The Labute approximate surface area is 78.0 Å². The molecule has 0 aliphatic carbocycles. The fraction of sp³-hybridized carbons (Fsp3) is 0.556. The molecule has 2 N–H and O–H groups in total. The molecule has 0 saturated heterocycles. The van der Waals surface area contributed by atoms with Crippen molar-refractivity contribution in [3.05, 3.63) is 18.6 Å². The van der Waals surface area contributed by atoms with E-state index < -0.39 is 0 Å². The van der Waals surface area contributed by atoms with Gasteiger partial charge >= 0.3 is 0 Å². The molecule has 2 unspecified atom stereocenters. The van der Waals surface area contributed by atoms with Crippen molar-refractivity contribution in [3.63, 3.8) is 0 Å². The van der Waals surface area contributed by atoms with Crippen LogP contribution in [0, 0.1) is 0 Å². The zero-order valence-electron chi connectivity index (χ0n) is 7.94. The Morgan fingerprint density at radius 2 is 2.38 bits per heavy atom. The van der Waals surface area contributed by atoms with E-state index in [0.717, 1.165) is 12.2 Å². The van der Waals surface area contributed by atoms with Gasteiger partial charge in [-0.3, -0.25) is 0 Å². The molecule has 4 heteroatoms. The molecule has 0 radical (unpaired) electrons. The van der Waals surface area contributed by atoms with Crippen LogP contribution in [-0.2, 0) is 0 Å². The van der Waals surface area contributed by atoms with E-state index in [4.69, 9.17) is 0 Å². The van der Waals surface area contributed by atoms with Crippen LogP contribution in [0.15, 0.2) is 18.6 Å². The summed E-state index contributed by atoms with van der Waals surface area (Å²) in [5.74, 6) is 0.745. The molecule has 0 amide bonds. The number of rotatable bonds is 4. The molecule has 2 atom stereocenters. The van der Waals surface area contributed by atoms with E-state index in [2.05, 4.69) is 15.3 Å². The standard InChI is InChI=1S/C9H15N3O/c1-3-8(13)7(2)12-9-4-5-10-6-11-9/h4-8,13H,3H2,1-2H3,(H,10,11,12). The van der Waals surface area contributed by atoms with Crippen LogP contribution in [0.2, 0.25) is 0 Å². The van der Waals surface area contributed by atoms with Crippen molar-refractivity contribution in [2.45, 2.75) is 32.4 Å². The molecular formula is C9H15N3O. The van der Waals surface area contributed by atoms with Gasteiger partial charge in [0.25, 0.3) is 0 Å². The van der Waals surface area contributed by atoms with Crippen molar-refractivity contribution >= 4 is 5.82 Å². The molecule has 13 heavy (non-hydrogen) atoms. The van der Waals surface area contributed by atoms with E-state index in [1.165, 1.54) is 6.33 Å². The van der Waals surface area contributed by atoms with Gasteiger partial charge in [-0.2, -0.15) is 0 Å². The molecule has 0 fully saturated rings. The number of hydrogen-bond donors (Lipinski definition) is 2. The number of nitrogens with zero attached hydrogens (tertiary/aromatic N) is 2. The Bertz CT molecular complexity index is 240. The third-order valence-corrected chi connectivity index (χ3v) is 1.95. The summed E-state index contributed by atoms with van der Waals surface area (Å²) in [5.41, 5.74) is 0. The van der Waals surface area contributed by atoms with Gasteiger partial charge in [-0.25, -0.2) is 9.97 Å². The summed E-state index contributed by atoms with van der Waals surface area (Å²) in [5, 5.41) is 12.6. The number of hydrogen-bond acceptors (Lipinski definition) is 4. The van der Waals surface area contributed by atoms with Crippen LogP contribution in [-0.4, -0.2) is 27.2 Å². The average Bonchev–Trinajstić information content (AvgIpc) is 2.18. The predicted molar refractivity (Wildman–Crippen MR) is 51.4 cm³/mol. The maximum atomic E-state index is 9.48. The van der Waals surface area contributed by atoms with E-state index >= 15 is 0 Å². The summed E-state index contributed by atoms with van der Waals surface area (Å²) >= 11 is 0. The molecule has 0 spiro atoms. The van der Waals surface area contributed by atoms with Gasteiger partial charge in [0.1, 0.15) is 12.1 Å². The highest BCUT2D eigenvalue weighted by molar-refractivity contribution is 5.32. The number of aliphatic hydroxyl groups excluding tert-OH is 1. The maximum Gasteiger partial charge on any atom is 0.129 e. The van der Waals surface area contributed by atoms with Gasteiger partial charge in [0.15, 0.2) is 0 Å². The highest BCUT2D eigenvalue weighted by Crippen LogP contribution is 2.05. The molecule has 1 aromatic rings. The number of aliphatic hydroxyl groups is 1. The Hall–Kier alpha value is -1.16. The lowest BCUT2D eigenvalue weighted by Crippen LogP contribution is -2.30. The Morgan fingerprint density at radius 3 is 2.92 bits per heavy atom. The van der Waals surface area contributed by atoms with Crippen LogP contribution < -0.4 is 5.32 Å². The van der Waals surface area contributed by atoms with Gasteiger partial charge in [0.2, 0.25) is 0 Å². The largest absolute Gasteiger partial charge is 0.391 e. The van der Waals surface area contributed by atoms with Crippen LogP contribution in [0.5, 0.6) is 0 Å². The van der Waals surface area contributed by atoms with Crippen LogP contribution in [0.1, 0.15) is 20.3 Å². The quantitative estimate of drug-likeness (QED) is 0.729. The molecule has 0 bridgehead atoms. The van der Waals surface area contributed by atoms with Gasteiger partial charge in [-0.05, 0) is 19.4 Å². The zero-order chi connectivity index (χ0) is 9.68. The summed E-state index contributed by atoms with van der Waals surface area (Å²) in [7, 11) is 0. The minimum Gasteiger partial charge on any atom is -0.391 e. The van der Waals surface area contributed by atoms with Crippen molar-refractivity contribution in [2.24, 2.45) is 0 Å². The van der Waals surface area contributed by atoms with Crippen LogP contribution in [0.25, 0.3) is 0 Å². The number of aromatic nitrogens is 2. The zero-order valence-corrected chi connectivity index (χ0v) is 7.94. The van der Waals surface area contributed by atoms with Crippen molar-refractivity contribution in [1.29, 1.82) is 0 Å². The lowest BCUT2D eigenvalue weighted by Gasteiger charge is -2.18. The highest BCUT2D eigenvalue weighted by atomic mass is 16.3. The normalized spacial score (nSPS) is 15.0. The summed E-state index contributed by atoms with van der Waals surface area (Å²) in [6.45, 7) is 3.87. The summed E-state index contributed by atoms with van der Waals surface area (Å²) in [4.78, 5) is 7.81. The van der Waals surface area contributed by atoms with Gasteiger partial charge in [-0.1, -0.05) is 6.92 Å². The summed E-state index contributed by atoms with van der Waals surface area (Å²) in [6, 6.07) is 1.79. The minimum atomic E-state index is -0.338. The molecule has 1 rings (SSSR count). The Morgan fingerprint density at radius 1 is 1.62 bits per heavy atom. The minimum absolute atomic E-state index is 0.0138. The van der Waals surface area contributed by atoms with Crippen molar-refractivity contribution in [2.75, 3.05) is 5.32 Å². The van der Waals surface area contributed by atoms with Gasteiger partial charge in [0, 0.05) is 6.20 Å². The Balaban J connectivity index is 2.50. The molecule has 72 valence electrons. The lowest BCUT2D eigenvalue weighted by atomic mass is 10.1. The van der Waals surface area contributed by atoms with Crippen molar-refractivity contribution in [3.8, 4) is 0 Å². The van der Waals surface area contributed by atoms with Crippen molar-refractivity contribution in [1.82, 2.24) is 9.97 Å². The first-order chi connectivity index (χ1) is 6.24. The van der Waals surface area contributed by atoms with Gasteiger partial charge in [-0.15, -0.1) is 0 Å². The van der Waals surface area contributed by atoms with E-state index in [9.17, 15) is 5.11 Å². The lowest BCUT2D eigenvalue weighted by molar-refractivity contribution is 0.154. The molecule has 0 aromatic carbocycles. The van der Waals surface area contributed by atoms with Crippen LogP contribution in [0.4, 0.5) is 5.82 Å². The van der Waals surface area contributed by atoms with Crippen LogP contribution >= 0.6 is 0 Å². The molecule has 0 saturated carbocycles. The van der Waals surface area contributed by atoms with E-state index in [0.29, 0.717) is 0 Å². The third kappa shape index (κ3) is 2.99. The first-order valence-electron chi connectivity index (χ1n) is 4.44. The monoisotopic (exact) mass is 181 g/mol. The topological polar surface area (TPSA) is 58.0 Å². The molecule has 1 aromatic heterocycles. The van der Waals surface area contributed by atoms with Crippen molar-refractivity contribution < 1.29 is 5.11 Å². The van der Waals surface area contributed by atoms with Crippen LogP contribution in [0.3, 0.4) is 0 Å². The predicted octanol–water partition coefficient (Wildman–Crippen LogP) is 1.05. The molecule has 0 aliphatic heterocycles. The smallest absolute Gasteiger partial charge is 0.129 e. The molecule has 4 nitrogen and oxygen atoms in total. The first kappa shape index (κ1) is 9.92. The van der Waals surface area contributed by atoms with Gasteiger partial charge in [0.05, 0.1) is 12.1 Å². The fourth-order valence-corrected chi connectivity index (χ4v) is 1.06. The first-order valence-corrected chi connectivity index (χ1v) is 4.44. The molecule has 1 heterocycles. The second-order valence-corrected chi connectivity index (χ2v) is 3.00. The fourth-order valence-electron chi connectivity index (χ4n) is 1.06. The SMILES string of the molecule is CCC(O)C(C)Nc1ccncn1. The Kier molecular flexibility index (Phi) is 3.64. The molecular weight excluding hydrogens is 166 g/mol. The van der Waals surface area contributed by atoms with E-state index in [1.807, 2.05) is 13.8 Å². The molecule has 0 aliphatic rings. The summed E-state index contributed by atoms with van der Waals surface area (Å²) < 4.78 is 0. The summed E-state index contributed by atoms with van der Waals surface area (Å²) in [6.07, 6.45) is 3.54. The maximum absolute atomic E-state index is 9.48. The third-order valence-electron chi connectivity index (χ3n) is 1.95. The number of nitrogens with one attached hydrogen (secondary N) is 1. The number of anilines is 1. The second kappa shape index (κ2) is 4.77. The highest BCUT2D eigenvalue weighted by Gasteiger charge is 2.11. The second-order valence-electron chi connectivity index (χ2n) is 3.00. The average molecular weight is 181 g/mol. The van der Waals surface area contributed by atoms with E-state index in [1.54, 1.807) is 12.3 Å². The van der Waals surface area contributed by atoms with E-state index in [-0.39, 0.29) is 12.1 Å².